The highest BCUT2D eigenvalue weighted by Gasteiger charge is 2.20. The van der Waals surface area contributed by atoms with Crippen molar-refractivity contribution in [2.24, 2.45) is 5.73 Å². The number of esters is 1. The molecule has 66 valence electrons. The molecule has 1 atom stereocenters. The summed E-state index contributed by atoms with van der Waals surface area (Å²) in [7, 11) is 0. The largest absolute Gasteiger partial charge is 0.459 e. The standard InChI is InChI=1S/C8H17NO2/c1-5-6(9)7(10)11-8(2,3)4/h6H,5,9H2,1-4H3/t6-/m1/s1. The topological polar surface area (TPSA) is 52.3 Å². The summed E-state index contributed by atoms with van der Waals surface area (Å²) in [6.45, 7) is 7.34. The fourth-order valence-corrected chi connectivity index (χ4v) is 0.544. The molecule has 0 unspecified atom stereocenters. The smallest absolute Gasteiger partial charge is 0.323 e. The minimum atomic E-state index is -0.478. The van der Waals surface area contributed by atoms with Gasteiger partial charge in [-0.2, -0.15) is 0 Å². The van der Waals surface area contributed by atoms with Crippen LogP contribution in [0.25, 0.3) is 0 Å². The summed E-state index contributed by atoms with van der Waals surface area (Å²) >= 11 is 0. The summed E-state index contributed by atoms with van der Waals surface area (Å²) in [6, 6.07) is -0.478. The first-order valence-corrected chi connectivity index (χ1v) is 3.85. The molecular weight excluding hydrogens is 142 g/mol. The van der Waals surface area contributed by atoms with E-state index in [1.54, 1.807) is 0 Å². The number of rotatable bonds is 2. The predicted molar refractivity (Wildman–Crippen MR) is 44.1 cm³/mol. The van der Waals surface area contributed by atoms with Crippen LogP contribution in [-0.4, -0.2) is 17.6 Å². The van der Waals surface area contributed by atoms with Crippen LogP contribution in [0.3, 0.4) is 0 Å². The van der Waals surface area contributed by atoms with Gasteiger partial charge in [0, 0.05) is 0 Å². The van der Waals surface area contributed by atoms with Crippen LogP contribution in [0.2, 0.25) is 0 Å². The second-order valence-electron chi connectivity index (χ2n) is 3.55. The maximum absolute atomic E-state index is 11.0. The van der Waals surface area contributed by atoms with E-state index in [0.717, 1.165) is 0 Å². The van der Waals surface area contributed by atoms with E-state index in [2.05, 4.69) is 0 Å². The van der Waals surface area contributed by atoms with Crippen LogP contribution in [-0.2, 0) is 9.53 Å². The molecule has 0 amide bonds. The van der Waals surface area contributed by atoms with Crippen molar-refractivity contribution >= 4 is 5.97 Å². The van der Waals surface area contributed by atoms with Crippen LogP contribution in [0.5, 0.6) is 0 Å². The van der Waals surface area contributed by atoms with Gasteiger partial charge in [-0.1, -0.05) is 6.92 Å². The van der Waals surface area contributed by atoms with Crippen molar-refractivity contribution in [3.8, 4) is 0 Å². The van der Waals surface area contributed by atoms with Gasteiger partial charge in [-0.3, -0.25) is 4.79 Å². The van der Waals surface area contributed by atoms with Crippen LogP contribution in [0.15, 0.2) is 0 Å². The van der Waals surface area contributed by atoms with Crippen molar-refractivity contribution < 1.29 is 9.53 Å². The van der Waals surface area contributed by atoms with Crippen molar-refractivity contribution in [2.75, 3.05) is 0 Å². The minimum absolute atomic E-state index is 0.319. The van der Waals surface area contributed by atoms with Crippen LogP contribution in [0, 0.1) is 0 Å². The first kappa shape index (κ1) is 10.4. The molecule has 3 nitrogen and oxygen atoms in total. The summed E-state index contributed by atoms with van der Waals surface area (Å²) in [5.41, 5.74) is 5.02. The van der Waals surface area contributed by atoms with Crippen LogP contribution in [0.4, 0.5) is 0 Å². The average molecular weight is 159 g/mol. The van der Waals surface area contributed by atoms with Crippen LogP contribution in [0.1, 0.15) is 34.1 Å². The molecule has 0 heterocycles. The summed E-state index contributed by atoms with van der Waals surface area (Å²) in [5.74, 6) is -0.319. The molecule has 0 saturated carbocycles. The number of carbonyl (C=O) groups is 1. The number of nitrogens with two attached hydrogens (primary N) is 1. The van der Waals surface area contributed by atoms with E-state index in [1.165, 1.54) is 0 Å². The van der Waals surface area contributed by atoms with E-state index in [-0.39, 0.29) is 5.97 Å². The zero-order valence-corrected chi connectivity index (χ0v) is 7.68. The molecule has 0 fully saturated rings. The Morgan fingerprint density at radius 3 is 2.27 bits per heavy atom. The van der Waals surface area contributed by atoms with Crippen molar-refractivity contribution in [2.45, 2.75) is 45.8 Å². The lowest BCUT2D eigenvalue weighted by Gasteiger charge is -2.21. The summed E-state index contributed by atoms with van der Waals surface area (Å²) < 4.78 is 5.03. The number of hydrogen-bond donors (Lipinski definition) is 1. The number of hydrogen-bond acceptors (Lipinski definition) is 3. The Balaban J connectivity index is 3.88. The van der Waals surface area contributed by atoms with E-state index in [0.29, 0.717) is 6.42 Å². The molecule has 3 heteroatoms. The molecule has 2 N–H and O–H groups in total. The van der Waals surface area contributed by atoms with Gasteiger partial charge < -0.3 is 10.5 Å². The van der Waals surface area contributed by atoms with Crippen molar-refractivity contribution in [1.82, 2.24) is 0 Å². The molecule has 0 aliphatic rings. The second kappa shape index (κ2) is 3.72. The van der Waals surface area contributed by atoms with Crippen LogP contribution < -0.4 is 5.73 Å². The molecule has 0 radical (unpaired) electrons. The molecule has 0 rings (SSSR count). The minimum Gasteiger partial charge on any atom is -0.459 e. The van der Waals surface area contributed by atoms with Crippen molar-refractivity contribution in [1.29, 1.82) is 0 Å². The summed E-state index contributed by atoms with van der Waals surface area (Å²) in [5, 5.41) is 0. The third-order valence-corrected chi connectivity index (χ3v) is 1.15. The highest BCUT2D eigenvalue weighted by atomic mass is 16.6. The van der Waals surface area contributed by atoms with Gasteiger partial charge in [0.05, 0.1) is 0 Å². The third kappa shape index (κ3) is 4.79. The van der Waals surface area contributed by atoms with Crippen molar-refractivity contribution in [3.63, 3.8) is 0 Å². The van der Waals surface area contributed by atoms with E-state index in [4.69, 9.17) is 10.5 Å². The molecule has 0 aromatic heterocycles. The first-order chi connectivity index (χ1) is 4.87. The fourth-order valence-electron chi connectivity index (χ4n) is 0.544. The average Bonchev–Trinajstić information content (AvgIpc) is 1.82. The van der Waals surface area contributed by atoms with Crippen molar-refractivity contribution in [3.05, 3.63) is 0 Å². The fraction of sp³-hybridized carbons (Fsp3) is 0.875. The molecule has 0 spiro atoms. The van der Waals surface area contributed by atoms with Gasteiger partial charge in [0.15, 0.2) is 0 Å². The van der Waals surface area contributed by atoms with Gasteiger partial charge in [0.1, 0.15) is 11.6 Å². The number of ether oxygens (including phenoxy) is 1. The zero-order chi connectivity index (χ0) is 9.07. The van der Waals surface area contributed by atoms with E-state index in [1.807, 2.05) is 27.7 Å². The Kier molecular flexibility index (Phi) is 3.52. The zero-order valence-electron chi connectivity index (χ0n) is 7.68. The molecule has 0 aromatic rings. The highest BCUT2D eigenvalue weighted by Crippen LogP contribution is 2.08. The lowest BCUT2D eigenvalue weighted by Crippen LogP contribution is -2.36. The number of carbonyl (C=O) groups excluding carboxylic acids is 1. The molecule has 0 aliphatic heterocycles. The molecule has 0 aromatic carbocycles. The SMILES string of the molecule is CC[C@@H](N)C(=O)OC(C)(C)C. The first-order valence-electron chi connectivity index (χ1n) is 3.85. The molecule has 0 saturated heterocycles. The van der Waals surface area contributed by atoms with Gasteiger partial charge in [0.2, 0.25) is 0 Å². The maximum Gasteiger partial charge on any atom is 0.323 e. The molecule has 0 bridgehead atoms. The predicted octanol–water partition coefficient (Wildman–Crippen LogP) is 1.07. The van der Waals surface area contributed by atoms with Crippen LogP contribution >= 0.6 is 0 Å². The summed E-state index contributed by atoms with van der Waals surface area (Å²) in [4.78, 5) is 11.0. The maximum atomic E-state index is 11.0. The van der Waals surface area contributed by atoms with Gasteiger partial charge in [-0.25, -0.2) is 0 Å². The van der Waals surface area contributed by atoms with Gasteiger partial charge in [-0.05, 0) is 27.2 Å². The molecule has 11 heavy (non-hydrogen) atoms. The second-order valence-corrected chi connectivity index (χ2v) is 3.55. The Morgan fingerprint density at radius 1 is 1.55 bits per heavy atom. The normalized spacial score (nSPS) is 14.3. The third-order valence-electron chi connectivity index (χ3n) is 1.15. The summed E-state index contributed by atoms with van der Waals surface area (Å²) in [6.07, 6.45) is 0.620. The Labute approximate surface area is 67.9 Å². The highest BCUT2D eigenvalue weighted by molar-refractivity contribution is 5.75. The Hall–Kier alpha value is -0.570. The lowest BCUT2D eigenvalue weighted by molar-refractivity contribution is -0.156. The monoisotopic (exact) mass is 159 g/mol. The molecule has 0 aliphatic carbocycles. The van der Waals surface area contributed by atoms with Gasteiger partial charge in [0.25, 0.3) is 0 Å². The Bertz CT molecular complexity index is 138. The van der Waals surface area contributed by atoms with E-state index >= 15 is 0 Å². The lowest BCUT2D eigenvalue weighted by atomic mass is 10.2. The quantitative estimate of drug-likeness (QED) is 0.613. The molecular formula is C8H17NO2. The Morgan fingerprint density at radius 2 is 2.00 bits per heavy atom. The van der Waals surface area contributed by atoms with E-state index < -0.39 is 11.6 Å². The van der Waals surface area contributed by atoms with Gasteiger partial charge >= 0.3 is 5.97 Å². The van der Waals surface area contributed by atoms with Gasteiger partial charge in [-0.15, -0.1) is 0 Å². The van der Waals surface area contributed by atoms with E-state index in [9.17, 15) is 4.79 Å².